The number of nitrogens with zero attached hydrogens (tertiary/aromatic N) is 2. The van der Waals surface area contributed by atoms with E-state index in [2.05, 4.69) is 9.97 Å². The van der Waals surface area contributed by atoms with E-state index in [4.69, 9.17) is 5.73 Å². The number of hydrogen-bond acceptors (Lipinski definition) is 3. The molecule has 0 bridgehead atoms. The van der Waals surface area contributed by atoms with Gasteiger partial charge in [0.25, 0.3) is 0 Å². The maximum absolute atomic E-state index is 13.1. The highest BCUT2D eigenvalue weighted by Crippen LogP contribution is 2.25. The van der Waals surface area contributed by atoms with Gasteiger partial charge >= 0.3 is 0 Å². The number of aryl methyl sites for hydroxylation is 2. The minimum Gasteiger partial charge on any atom is -0.395 e. The number of anilines is 1. The second-order valence-electron chi connectivity index (χ2n) is 3.69. The average Bonchev–Trinajstić information content (AvgIpc) is 2.26. The van der Waals surface area contributed by atoms with Gasteiger partial charge in [0, 0.05) is 5.56 Å². The first-order chi connectivity index (χ1) is 7.59. The normalized spacial score (nSPS) is 10.4. The first-order valence-corrected chi connectivity index (χ1v) is 4.93. The Kier molecular flexibility index (Phi) is 2.56. The van der Waals surface area contributed by atoms with E-state index in [-0.39, 0.29) is 5.82 Å². The van der Waals surface area contributed by atoms with Gasteiger partial charge in [-0.1, -0.05) is 0 Å². The summed E-state index contributed by atoms with van der Waals surface area (Å²) in [5.74, 6) is -0.229. The standard InChI is InChI=1S/C12H12FN3/c1-7-5-9(3-4-10(7)13)12-11(14)8(2)15-6-16-12/h3-6H,14H2,1-2H3. The summed E-state index contributed by atoms with van der Waals surface area (Å²) < 4.78 is 13.1. The lowest BCUT2D eigenvalue weighted by atomic mass is 10.1. The molecule has 0 aliphatic carbocycles. The van der Waals surface area contributed by atoms with Crippen LogP contribution in [0, 0.1) is 19.7 Å². The lowest BCUT2D eigenvalue weighted by molar-refractivity contribution is 0.619. The molecule has 0 saturated heterocycles. The van der Waals surface area contributed by atoms with Gasteiger partial charge in [-0.3, -0.25) is 0 Å². The van der Waals surface area contributed by atoms with Crippen LogP contribution in [0.4, 0.5) is 10.1 Å². The van der Waals surface area contributed by atoms with Crippen LogP contribution in [0.2, 0.25) is 0 Å². The van der Waals surface area contributed by atoms with Crippen LogP contribution >= 0.6 is 0 Å². The molecule has 0 atom stereocenters. The zero-order valence-electron chi connectivity index (χ0n) is 9.16. The van der Waals surface area contributed by atoms with Crippen LogP contribution in [0.1, 0.15) is 11.3 Å². The molecule has 4 heteroatoms. The molecule has 2 rings (SSSR count). The molecule has 1 aromatic heterocycles. The lowest BCUT2D eigenvalue weighted by Crippen LogP contribution is -1.99. The predicted octanol–water partition coefficient (Wildman–Crippen LogP) is 2.48. The van der Waals surface area contributed by atoms with Crippen LogP contribution in [-0.2, 0) is 0 Å². The second-order valence-corrected chi connectivity index (χ2v) is 3.69. The van der Waals surface area contributed by atoms with E-state index < -0.39 is 0 Å². The van der Waals surface area contributed by atoms with Crippen molar-refractivity contribution < 1.29 is 4.39 Å². The Morgan fingerprint density at radius 1 is 1.19 bits per heavy atom. The van der Waals surface area contributed by atoms with E-state index in [1.807, 2.05) is 6.92 Å². The number of aromatic nitrogens is 2. The third kappa shape index (κ3) is 1.74. The molecular formula is C12H12FN3. The molecule has 0 unspecified atom stereocenters. The molecule has 1 heterocycles. The van der Waals surface area contributed by atoms with E-state index in [9.17, 15) is 4.39 Å². The summed E-state index contributed by atoms with van der Waals surface area (Å²) in [6.07, 6.45) is 1.46. The molecule has 82 valence electrons. The molecule has 1 aromatic carbocycles. The third-order valence-electron chi connectivity index (χ3n) is 2.51. The molecular weight excluding hydrogens is 205 g/mol. The molecule has 0 fully saturated rings. The average molecular weight is 217 g/mol. The lowest BCUT2D eigenvalue weighted by Gasteiger charge is -2.07. The van der Waals surface area contributed by atoms with Crippen LogP contribution in [0.5, 0.6) is 0 Å². The molecule has 0 saturated carbocycles. The third-order valence-corrected chi connectivity index (χ3v) is 2.51. The smallest absolute Gasteiger partial charge is 0.126 e. The Morgan fingerprint density at radius 2 is 1.94 bits per heavy atom. The summed E-state index contributed by atoms with van der Waals surface area (Å²) in [6, 6.07) is 4.81. The number of benzene rings is 1. The fourth-order valence-electron chi connectivity index (χ4n) is 1.51. The Hall–Kier alpha value is -1.97. The van der Waals surface area contributed by atoms with E-state index in [1.54, 1.807) is 19.1 Å². The van der Waals surface area contributed by atoms with Crippen molar-refractivity contribution in [1.29, 1.82) is 0 Å². The Morgan fingerprint density at radius 3 is 2.62 bits per heavy atom. The summed E-state index contributed by atoms with van der Waals surface area (Å²) in [7, 11) is 0. The van der Waals surface area contributed by atoms with Crippen molar-refractivity contribution in [2.75, 3.05) is 5.73 Å². The van der Waals surface area contributed by atoms with Crippen LogP contribution in [0.3, 0.4) is 0 Å². The molecule has 0 spiro atoms. The fraction of sp³-hybridized carbons (Fsp3) is 0.167. The summed E-state index contributed by atoms with van der Waals surface area (Å²) in [5.41, 5.74) is 9.18. The molecule has 2 aromatic rings. The Labute approximate surface area is 93.2 Å². The largest absolute Gasteiger partial charge is 0.395 e. The van der Waals surface area contributed by atoms with Crippen molar-refractivity contribution in [3.8, 4) is 11.3 Å². The van der Waals surface area contributed by atoms with Crippen molar-refractivity contribution in [2.24, 2.45) is 0 Å². The van der Waals surface area contributed by atoms with Gasteiger partial charge in [0.2, 0.25) is 0 Å². The van der Waals surface area contributed by atoms with E-state index in [1.165, 1.54) is 12.4 Å². The Bertz CT molecular complexity index is 538. The maximum atomic E-state index is 13.1. The van der Waals surface area contributed by atoms with Crippen LogP contribution in [0.25, 0.3) is 11.3 Å². The minimum atomic E-state index is -0.229. The van der Waals surface area contributed by atoms with Crippen molar-refractivity contribution >= 4 is 5.69 Å². The van der Waals surface area contributed by atoms with Crippen molar-refractivity contribution in [3.63, 3.8) is 0 Å². The van der Waals surface area contributed by atoms with Gasteiger partial charge in [-0.05, 0) is 37.6 Å². The molecule has 0 radical (unpaired) electrons. The molecule has 0 aliphatic rings. The number of nitrogens with two attached hydrogens (primary N) is 1. The van der Waals surface area contributed by atoms with E-state index in [0.717, 1.165) is 11.3 Å². The highest BCUT2D eigenvalue weighted by atomic mass is 19.1. The number of nitrogen functional groups attached to an aromatic ring is 1. The summed E-state index contributed by atoms with van der Waals surface area (Å²) >= 11 is 0. The first-order valence-electron chi connectivity index (χ1n) is 4.93. The monoisotopic (exact) mass is 217 g/mol. The SMILES string of the molecule is Cc1cc(-c2ncnc(C)c2N)ccc1F. The van der Waals surface area contributed by atoms with Crippen molar-refractivity contribution in [1.82, 2.24) is 9.97 Å². The number of hydrogen-bond donors (Lipinski definition) is 1. The van der Waals surface area contributed by atoms with Crippen molar-refractivity contribution in [2.45, 2.75) is 13.8 Å². The minimum absolute atomic E-state index is 0.229. The van der Waals surface area contributed by atoms with Gasteiger partial charge in [-0.15, -0.1) is 0 Å². The van der Waals surface area contributed by atoms with Crippen LogP contribution in [0.15, 0.2) is 24.5 Å². The molecule has 0 amide bonds. The second kappa shape index (κ2) is 3.89. The van der Waals surface area contributed by atoms with Crippen molar-refractivity contribution in [3.05, 3.63) is 41.6 Å². The van der Waals surface area contributed by atoms with Gasteiger partial charge in [0.05, 0.1) is 17.1 Å². The van der Waals surface area contributed by atoms with Gasteiger partial charge in [-0.2, -0.15) is 0 Å². The number of halogens is 1. The zero-order valence-corrected chi connectivity index (χ0v) is 9.16. The highest BCUT2D eigenvalue weighted by Gasteiger charge is 2.08. The van der Waals surface area contributed by atoms with Gasteiger partial charge < -0.3 is 5.73 Å². The molecule has 2 N–H and O–H groups in total. The topological polar surface area (TPSA) is 51.8 Å². The summed E-state index contributed by atoms with van der Waals surface area (Å²) in [5, 5.41) is 0. The summed E-state index contributed by atoms with van der Waals surface area (Å²) in [4.78, 5) is 8.12. The van der Waals surface area contributed by atoms with Gasteiger partial charge in [0.15, 0.2) is 0 Å². The van der Waals surface area contributed by atoms with Crippen LogP contribution < -0.4 is 5.73 Å². The summed E-state index contributed by atoms with van der Waals surface area (Å²) in [6.45, 7) is 3.53. The molecule has 0 aliphatic heterocycles. The quantitative estimate of drug-likeness (QED) is 0.798. The van der Waals surface area contributed by atoms with E-state index in [0.29, 0.717) is 16.9 Å². The zero-order chi connectivity index (χ0) is 11.7. The van der Waals surface area contributed by atoms with Gasteiger partial charge in [0.1, 0.15) is 12.1 Å². The van der Waals surface area contributed by atoms with E-state index >= 15 is 0 Å². The molecule has 16 heavy (non-hydrogen) atoms. The maximum Gasteiger partial charge on any atom is 0.126 e. The molecule has 3 nitrogen and oxygen atoms in total. The number of rotatable bonds is 1. The Balaban J connectivity index is 2.59. The van der Waals surface area contributed by atoms with Crippen LogP contribution in [-0.4, -0.2) is 9.97 Å². The predicted molar refractivity (Wildman–Crippen MR) is 61.3 cm³/mol. The van der Waals surface area contributed by atoms with Gasteiger partial charge in [-0.25, -0.2) is 14.4 Å². The fourth-order valence-corrected chi connectivity index (χ4v) is 1.51. The first kappa shape index (κ1) is 10.5. The highest BCUT2D eigenvalue weighted by molar-refractivity contribution is 5.73.